The molecule has 2 aromatic heterocycles. The first-order valence-electron chi connectivity index (χ1n) is 10.2. The zero-order valence-electron chi connectivity index (χ0n) is 17.5. The van der Waals surface area contributed by atoms with Gasteiger partial charge in [0, 0.05) is 37.4 Å². The standard InChI is InChI=1S/C25H22N4O3/c1-26-25(31)23-16-19(10-13-28-23)32-18-6-4-5-17(15-18)9-12-29-24(30)21-11-14-27-22-8-3-2-7-20(21)22/h2-8,10-11,13-16H,9,12H2,1H3,(H,26,31)(H,29,30). The number of benzene rings is 2. The third-order valence-corrected chi connectivity index (χ3v) is 4.92. The van der Waals surface area contributed by atoms with E-state index in [2.05, 4.69) is 20.6 Å². The number of hydrogen-bond acceptors (Lipinski definition) is 5. The van der Waals surface area contributed by atoms with E-state index >= 15 is 0 Å². The molecular formula is C25H22N4O3. The smallest absolute Gasteiger partial charge is 0.269 e. The van der Waals surface area contributed by atoms with Gasteiger partial charge in [-0.05, 0) is 42.3 Å². The molecule has 7 nitrogen and oxygen atoms in total. The normalized spacial score (nSPS) is 10.5. The van der Waals surface area contributed by atoms with Crippen molar-refractivity contribution in [3.63, 3.8) is 0 Å². The lowest BCUT2D eigenvalue weighted by molar-refractivity contribution is 0.0948. The Morgan fingerprint density at radius 2 is 1.69 bits per heavy atom. The summed E-state index contributed by atoms with van der Waals surface area (Å²) >= 11 is 0. The zero-order valence-corrected chi connectivity index (χ0v) is 17.5. The van der Waals surface area contributed by atoms with Crippen molar-refractivity contribution in [2.24, 2.45) is 0 Å². The van der Waals surface area contributed by atoms with Crippen LogP contribution < -0.4 is 15.4 Å². The van der Waals surface area contributed by atoms with Gasteiger partial charge in [-0.1, -0.05) is 30.3 Å². The summed E-state index contributed by atoms with van der Waals surface area (Å²) in [6, 6.07) is 20.2. The van der Waals surface area contributed by atoms with Gasteiger partial charge in [-0.15, -0.1) is 0 Å². The van der Waals surface area contributed by atoms with E-state index < -0.39 is 0 Å². The average molecular weight is 426 g/mol. The van der Waals surface area contributed by atoms with Gasteiger partial charge in [-0.3, -0.25) is 19.6 Å². The number of carbonyl (C=O) groups excluding carboxylic acids is 2. The number of pyridine rings is 2. The molecule has 0 aliphatic carbocycles. The van der Waals surface area contributed by atoms with Crippen LogP contribution in [0.5, 0.6) is 11.5 Å². The number of para-hydroxylation sites is 1. The molecule has 2 heterocycles. The fraction of sp³-hybridized carbons (Fsp3) is 0.120. The van der Waals surface area contributed by atoms with Crippen LogP contribution in [-0.2, 0) is 6.42 Å². The Balaban J connectivity index is 1.38. The highest BCUT2D eigenvalue weighted by Gasteiger charge is 2.10. The van der Waals surface area contributed by atoms with E-state index in [0.717, 1.165) is 16.5 Å². The van der Waals surface area contributed by atoms with Crippen molar-refractivity contribution >= 4 is 22.7 Å². The molecule has 160 valence electrons. The first-order valence-corrected chi connectivity index (χ1v) is 10.2. The van der Waals surface area contributed by atoms with E-state index in [1.165, 1.54) is 6.20 Å². The van der Waals surface area contributed by atoms with Crippen LogP contribution in [0, 0.1) is 0 Å². The second kappa shape index (κ2) is 9.70. The molecule has 0 aliphatic heterocycles. The molecule has 2 aromatic carbocycles. The lowest BCUT2D eigenvalue weighted by Crippen LogP contribution is -2.26. The Hall–Kier alpha value is -4.26. The van der Waals surface area contributed by atoms with Crippen molar-refractivity contribution < 1.29 is 14.3 Å². The van der Waals surface area contributed by atoms with Gasteiger partial charge in [0.15, 0.2) is 0 Å². The van der Waals surface area contributed by atoms with Crippen LogP contribution in [-0.4, -0.2) is 35.4 Å². The molecular weight excluding hydrogens is 404 g/mol. The number of nitrogens with one attached hydrogen (secondary N) is 2. The third kappa shape index (κ3) is 4.89. The van der Waals surface area contributed by atoms with Gasteiger partial charge in [0.25, 0.3) is 11.8 Å². The van der Waals surface area contributed by atoms with Crippen LogP contribution in [0.25, 0.3) is 10.9 Å². The van der Waals surface area contributed by atoms with Crippen LogP contribution in [0.3, 0.4) is 0 Å². The van der Waals surface area contributed by atoms with Gasteiger partial charge in [0.1, 0.15) is 17.2 Å². The summed E-state index contributed by atoms with van der Waals surface area (Å²) in [6.45, 7) is 0.481. The Bertz CT molecular complexity index is 1270. The van der Waals surface area contributed by atoms with Gasteiger partial charge >= 0.3 is 0 Å². The summed E-state index contributed by atoms with van der Waals surface area (Å²) in [7, 11) is 1.55. The van der Waals surface area contributed by atoms with E-state index in [0.29, 0.717) is 30.0 Å². The zero-order chi connectivity index (χ0) is 22.3. The molecule has 32 heavy (non-hydrogen) atoms. The monoisotopic (exact) mass is 426 g/mol. The molecule has 2 amide bonds. The van der Waals surface area contributed by atoms with Crippen molar-refractivity contribution in [1.29, 1.82) is 0 Å². The highest BCUT2D eigenvalue weighted by Crippen LogP contribution is 2.23. The first kappa shape index (κ1) is 21.0. The summed E-state index contributed by atoms with van der Waals surface area (Å²) in [6.07, 6.45) is 3.82. The van der Waals surface area contributed by atoms with Crippen molar-refractivity contribution in [2.75, 3.05) is 13.6 Å². The largest absolute Gasteiger partial charge is 0.457 e. The van der Waals surface area contributed by atoms with Crippen molar-refractivity contribution in [2.45, 2.75) is 6.42 Å². The number of carbonyl (C=O) groups is 2. The number of fused-ring (bicyclic) bond motifs is 1. The van der Waals surface area contributed by atoms with Crippen molar-refractivity contribution in [3.8, 4) is 11.5 Å². The Morgan fingerprint density at radius 1 is 0.875 bits per heavy atom. The van der Waals surface area contributed by atoms with Crippen molar-refractivity contribution in [3.05, 3.63) is 95.9 Å². The molecule has 0 saturated heterocycles. The molecule has 0 radical (unpaired) electrons. The number of ether oxygens (including phenoxy) is 1. The summed E-state index contributed by atoms with van der Waals surface area (Å²) in [4.78, 5) is 32.7. The number of hydrogen-bond donors (Lipinski definition) is 2. The minimum Gasteiger partial charge on any atom is -0.457 e. The van der Waals surface area contributed by atoms with Crippen molar-refractivity contribution in [1.82, 2.24) is 20.6 Å². The predicted molar refractivity (Wildman–Crippen MR) is 122 cm³/mol. The lowest BCUT2D eigenvalue weighted by atomic mass is 10.1. The molecule has 0 fully saturated rings. The average Bonchev–Trinajstić information content (AvgIpc) is 2.83. The molecule has 0 bridgehead atoms. The van der Waals surface area contributed by atoms with E-state index in [9.17, 15) is 9.59 Å². The minimum atomic E-state index is -0.276. The number of rotatable bonds is 7. The summed E-state index contributed by atoms with van der Waals surface area (Å²) in [5.41, 5.74) is 2.70. The Kier molecular flexibility index (Phi) is 6.36. The Morgan fingerprint density at radius 3 is 2.56 bits per heavy atom. The number of aromatic nitrogens is 2. The van der Waals surface area contributed by atoms with Gasteiger partial charge in [0.2, 0.25) is 0 Å². The number of amides is 2. The summed E-state index contributed by atoms with van der Waals surface area (Å²) < 4.78 is 5.88. The molecule has 2 N–H and O–H groups in total. The maximum Gasteiger partial charge on any atom is 0.269 e. The highest BCUT2D eigenvalue weighted by atomic mass is 16.5. The molecule has 0 atom stereocenters. The fourth-order valence-electron chi connectivity index (χ4n) is 3.34. The SMILES string of the molecule is CNC(=O)c1cc(Oc2cccc(CCNC(=O)c3ccnc4ccccc34)c2)ccn1. The predicted octanol–water partition coefficient (Wildman–Crippen LogP) is 3.75. The minimum absolute atomic E-state index is 0.130. The van der Waals surface area contributed by atoms with Crippen LogP contribution >= 0.6 is 0 Å². The van der Waals surface area contributed by atoms with Crippen LogP contribution in [0.15, 0.2) is 79.1 Å². The van der Waals surface area contributed by atoms with Crippen LogP contribution in [0.4, 0.5) is 0 Å². The number of nitrogens with zero attached hydrogens (tertiary/aromatic N) is 2. The molecule has 0 unspecified atom stereocenters. The van der Waals surface area contributed by atoms with E-state index in [-0.39, 0.29) is 17.5 Å². The highest BCUT2D eigenvalue weighted by molar-refractivity contribution is 6.05. The Labute approximate surface area is 185 Å². The summed E-state index contributed by atoms with van der Waals surface area (Å²) in [5, 5.41) is 6.35. The quantitative estimate of drug-likeness (QED) is 0.469. The van der Waals surface area contributed by atoms with Gasteiger partial charge in [0.05, 0.1) is 11.1 Å². The van der Waals surface area contributed by atoms with E-state index in [4.69, 9.17) is 4.74 Å². The second-order valence-electron chi connectivity index (χ2n) is 7.09. The topological polar surface area (TPSA) is 93.2 Å². The van der Waals surface area contributed by atoms with Crippen LogP contribution in [0.2, 0.25) is 0 Å². The van der Waals surface area contributed by atoms with Gasteiger partial charge in [-0.25, -0.2) is 0 Å². The second-order valence-corrected chi connectivity index (χ2v) is 7.09. The lowest BCUT2D eigenvalue weighted by Gasteiger charge is -2.10. The maximum absolute atomic E-state index is 12.7. The molecule has 4 aromatic rings. The molecule has 0 aliphatic rings. The third-order valence-electron chi connectivity index (χ3n) is 4.92. The van der Waals surface area contributed by atoms with Gasteiger partial charge in [-0.2, -0.15) is 0 Å². The molecule has 7 heteroatoms. The maximum atomic E-state index is 12.7. The first-order chi connectivity index (χ1) is 15.6. The summed E-state index contributed by atoms with van der Waals surface area (Å²) in [5.74, 6) is 0.757. The fourth-order valence-corrected chi connectivity index (χ4v) is 3.34. The molecule has 0 spiro atoms. The van der Waals surface area contributed by atoms with E-state index in [1.54, 1.807) is 31.4 Å². The van der Waals surface area contributed by atoms with E-state index in [1.807, 2.05) is 48.5 Å². The molecule has 0 saturated carbocycles. The van der Waals surface area contributed by atoms with Crippen LogP contribution in [0.1, 0.15) is 26.4 Å². The van der Waals surface area contributed by atoms with Gasteiger partial charge < -0.3 is 15.4 Å². The molecule has 4 rings (SSSR count).